The molecule has 0 bridgehead atoms. The number of aryl methyl sites for hydroxylation is 1. The van der Waals surface area contributed by atoms with E-state index in [1.807, 2.05) is 30.2 Å². The Bertz CT molecular complexity index is 836. The van der Waals surface area contributed by atoms with Crippen molar-refractivity contribution in [3.8, 4) is 0 Å². The van der Waals surface area contributed by atoms with Crippen LogP contribution in [0.15, 0.2) is 29.1 Å². The van der Waals surface area contributed by atoms with Gasteiger partial charge in [0, 0.05) is 31.0 Å². The molecule has 4 rings (SSSR count). The van der Waals surface area contributed by atoms with Crippen molar-refractivity contribution in [2.75, 3.05) is 11.4 Å². The van der Waals surface area contributed by atoms with E-state index in [4.69, 9.17) is 4.98 Å². The fourth-order valence-electron chi connectivity index (χ4n) is 3.20. The number of aromatic nitrogens is 5. The predicted molar refractivity (Wildman–Crippen MR) is 88.0 cm³/mol. The maximum Gasteiger partial charge on any atom is 0.171 e. The smallest absolute Gasteiger partial charge is 0.171 e. The Hall–Kier alpha value is -1.89. The zero-order valence-corrected chi connectivity index (χ0v) is 14.2. The molecule has 114 valence electrons. The van der Waals surface area contributed by atoms with E-state index >= 15 is 0 Å². The largest absolute Gasteiger partial charge is 0.349 e. The van der Waals surface area contributed by atoms with Gasteiger partial charge in [-0.25, -0.2) is 9.50 Å². The predicted octanol–water partition coefficient (Wildman–Crippen LogP) is 2.88. The van der Waals surface area contributed by atoms with Crippen molar-refractivity contribution in [2.45, 2.75) is 25.8 Å². The Morgan fingerprint density at radius 3 is 2.91 bits per heavy atom. The summed E-state index contributed by atoms with van der Waals surface area (Å²) in [5.41, 5.74) is 3.38. The number of nitrogens with zero attached hydrogens (tertiary/aromatic N) is 6. The summed E-state index contributed by atoms with van der Waals surface area (Å²) in [7, 11) is 1.99. The standard InChI is InChI=1S/C15H17BrN6/c1-10-11(8-17-20(10)2)13-4-3-6-21(13)14-5-7-22-15(19-14)12(16)9-18-22/h5,7-9,13H,3-4,6H2,1-2H3. The molecule has 3 aromatic rings. The molecule has 1 saturated heterocycles. The zero-order chi connectivity index (χ0) is 15.3. The molecule has 1 aliphatic heterocycles. The average molecular weight is 361 g/mol. The Kier molecular flexibility index (Phi) is 3.18. The number of hydrogen-bond donors (Lipinski definition) is 0. The lowest BCUT2D eigenvalue weighted by atomic mass is 10.1. The number of fused-ring (bicyclic) bond motifs is 1. The van der Waals surface area contributed by atoms with Gasteiger partial charge in [0.25, 0.3) is 0 Å². The summed E-state index contributed by atoms with van der Waals surface area (Å²) in [6.07, 6.45) is 8.05. The highest BCUT2D eigenvalue weighted by Crippen LogP contribution is 2.36. The molecule has 4 heterocycles. The molecular formula is C15H17BrN6. The first-order chi connectivity index (χ1) is 10.6. The average Bonchev–Trinajstić information content (AvgIpc) is 3.21. The minimum Gasteiger partial charge on any atom is -0.349 e. The van der Waals surface area contributed by atoms with E-state index in [0.29, 0.717) is 6.04 Å². The van der Waals surface area contributed by atoms with E-state index in [0.717, 1.165) is 28.9 Å². The van der Waals surface area contributed by atoms with Crippen molar-refractivity contribution in [1.82, 2.24) is 24.4 Å². The first-order valence-electron chi connectivity index (χ1n) is 7.40. The Morgan fingerprint density at radius 1 is 1.27 bits per heavy atom. The minimum atomic E-state index is 0.352. The third-order valence-electron chi connectivity index (χ3n) is 4.49. The van der Waals surface area contributed by atoms with E-state index in [1.165, 1.54) is 17.7 Å². The highest BCUT2D eigenvalue weighted by atomic mass is 79.9. The number of anilines is 1. The van der Waals surface area contributed by atoms with Gasteiger partial charge in [-0.3, -0.25) is 4.68 Å². The maximum absolute atomic E-state index is 4.78. The van der Waals surface area contributed by atoms with Crippen LogP contribution in [0.25, 0.3) is 5.65 Å². The molecule has 0 spiro atoms. The topological polar surface area (TPSA) is 51.2 Å². The van der Waals surface area contributed by atoms with Crippen LogP contribution >= 0.6 is 15.9 Å². The van der Waals surface area contributed by atoms with Gasteiger partial charge < -0.3 is 4.90 Å². The fourth-order valence-corrected chi connectivity index (χ4v) is 3.56. The molecule has 22 heavy (non-hydrogen) atoms. The molecule has 3 aromatic heterocycles. The van der Waals surface area contributed by atoms with Gasteiger partial charge in [0.05, 0.1) is 22.9 Å². The molecule has 1 fully saturated rings. The van der Waals surface area contributed by atoms with Crippen LogP contribution < -0.4 is 4.90 Å². The van der Waals surface area contributed by atoms with Crippen LogP contribution in [0.5, 0.6) is 0 Å². The molecular weight excluding hydrogens is 344 g/mol. The summed E-state index contributed by atoms with van der Waals surface area (Å²) in [5.74, 6) is 0.999. The van der Waals surface area contributed by atoms with Crippen molar-refractivity contribution >= 4 is 27.4 Å². The van der Waals surface area contributed by atoms with Crippen molar-refractivity contribution < 1.29 is 0 Å². The normalized spacial score (nSPS) is 18.5. The number of hydrogen-bond acceptors (Lipinski definition) is 4. The van der Waals surface area contributed by atoms with Crippen molar-refractivity contribution in [3.05, 3.63) is 40.4 Å². The van der Waals surface area contributed by atoms with Crippen LogP contribution in [0, 0.1) is 6.92 Å². The van der Waals surface area contributed by atoms with Gasteiger partial charge >= 0.3 is 0 Å². The SMILES string of the molecule is Cc1c(C2CCCN2c2ccn3ncc(Br)c3n2)cnn1C. The van der Waals surface area contributed by atoms with Crippen LogP contribution in [-0.2, 0) is 7.05 Å². The Labute approximate surface area is 136 Å². The van der Waals surface area contributed by atoms with Crippen molar-refractivity contribution in [2.24, 2.45) is 7.05 Å². The Balaban J connectivity index is 1.76. The maximum atomic E-state index is 4.78. The molecule has 7 heteroatoms. The van der Waals surface area contributed by atoms with Gasteiger partial charge in [0.1, 0.15) is 5.82 Å². The van der Waals surface area contributed by atoms with Crippen molar-refractivity contribution in [3.63, 3.8) is 0 Å². The van der Waals surface area contributed by atoms with E-state index in [-0.39, 0.29) is 0 Å². The highest BCUT2D eigenvalue weighted by Gasteiger charge is 2.29. The second-order valence-electron chi connectivity index (χ2n) is 5.71. The van der Waals surface area contributed by atoms with E-state index in [2.05, 4.69) is 38.0 Å². The van der Waals surface area contributed by atoms with Gasteiger partial charge in [-0.2, -0.15) is 10.2 Å². The van der Waals surface area contributed by atoms with E-state index in [1.54, 1.807) is 10.7 Å². The minimum absolute atomic E-state index is 0.352. The Morgan fingerprint density at radius 2 is 2.14 bits per heavy atom. The highest BCUT2D eigenvalue weighted by molar-refractivity contribution is 9.10. The summed E-state index contributed by atoms with van der Waals surface area (Å²) < 4.78 is 4.65. The van der Waals surface area contributed by atoms with Crippen molar-refractivity contribution in [1.29, 1.82) is 0 Å². The monoisotopic (exact) mass is 360 g/mol. The molecule has 0 N–H and O–H groups in total. The second kappa shape index (κ2) is 5.08. The summed E-state index contributed by atoms with van der Waals surface area (Å²) in [4.78, 5) is 7.16. The van der Waals surface area contributed by atoms with Gasteiger partial charge in [-0.1, -0.05) is 0 Å². The molecule has 6 nitrogen and oxygen atoms in total. The van der Waals surface area contributed by atoms with Gasteiger partial charge in [-0.15, -0.1) is 0 Å². The molecule has 0 aliphatic carbocycles. The molecule has 0 radical (unpaired) electrons. The fraction of sp³-hybridized carbons (Fsp3) is 0.400. The molecule has 1 unspecified atom stereocenters. The second-order valence-corrected chi connectivity index (χ2v) is 6.56. The van der Waals surface area contributed by atoms with Gasteiger partial charge in [0.2, 0.25) is 0 Å². The van der Waals surface area contributed by atoms with Gasteiger partial charge in [0.15, 0.2) is 5.65 Å². The van der Waals surface area contributed by atoms with Crippen LogP contribution in [-0.4, -0.2) is 30.9 Å². The van der Waals surface area contributed by atoms with E-state index < -0.39 is 0 Å². The lowest BCUT2D eigenvalue weighted by Gasteiger charge is -2.25. The van der Waals surface area contributed by atoms with Crippen LogP contribution in [0.1, 0.15) is 30.1 Å². The zero-order valence-electron chi connectivity index (χ0n) is 12.6. The summed E-state index contributed by atoms with van der Waals surface area (Å²) >= 11 is 3.51. The van der Waals surface area contributed by atoms with Gasteiger partial charge in [-0.05, 0) is 41.8 Å². The molecule has 1 aliphatic rings. The number of rotatable bonds is 2. The quantitative estimate of drug-likeness (QED) is 0.704. The lowest BCUT2D eigenvalue weighted by Crippen LogP contribution is -2.24. The molecule has 0 amide bonds. The van der Waals surface area contributed by atoms with Crippen LogP contribution in [0.4, 0.5) is 5.82 Å². The summed E-state index contributed by atoms with van der Waals surface area (Å²) in [5, 5.41) is 8.65. The van der Waals surface area contributed by atoms with Crippen LogP contribution in [0.2, 0.25) is 0 Å². The number of halogens is 1. The first-order valence-corrected chi connectivity index (χ1v) is 8.19. The van der Waals surface area contributed by atoms with Crippen LogP contribution in [0.3, 0.4) is 0 Å². The third kappa shape index (κ3) is 2.03. The lowest BCUT2D eigenvalue weighted by molar-refractivity contribution is 0.693. The summed E-state index contributed by atoms with van der Waals surface area (Å²) in [6.45, 7) is 3.15. The van der Waals surface area contributed by atoms with E-state index in [9.17, 15) is 0 Å². The third-order valence-corrected chi connectivity index (χ3v) is 5.05. The molecule has 0 saturated carbocycles. The molecule has 1 atom stereocenters. The summed E-state index contributed by atoms with van der Waals surface area (Å²) in [6, 6.07) is 2.39. The first kappa shape index (κ1) is 13.8. The molecule has 0 aromatic carbocycles.